The Balaban J connectivity index is 1.85. The van der Waals surface area contributed by atoms with E-state index < -0.39 is 5.97 Å². The van der Waals surface area contributed by atoms with Gasteiger partial charge in [0.25, 0.3) is 5.91 Å². The Morgan fingerprint density at radius 3 is 2.56 bits per heavy atom. The van der Waals surface area contributed by atoms with Crippen LogP contribution in [0.4, 0.5) is 0 Å². The number of carboxylic acid groups (broad SMARTS) is 1. The maximum atomic E-state index is 13.2. The van der Waals surface area contributed by atoms with Crippen LogP contribution in [-0.4, -0.2) is 28.4 Å². The van der Waals surface area contributed by atoms with Crippen molar-refractivity contribution in [2.24, 2.45) is 5.92 Å². The number of carboxylic acids is 1. The zero-order valence-corrected chi connectivity index (χ0v) is 14.4. The first-order valence-electron chi connectivity index (χ1n) is 8.66. The summed E-state index contributed by atoms with van der Waals surface area (Å²) in [6.07, 6.45) is 4.69. The first-order chi connectivity index (χ1) is 12.0. The fourth-order valence-electron chi connectivity index (χ4n) is 3.22. The van der Waals surface area contributed by atoms with Crippen LogP contribution in [0.1, 0.15) is 46.5 Å². The van der Waals surface area contributed by atoms with Gasteiger partial charge in [-0.05, 0) is 31.2 Å². The van der Waals surface area contributed by atoms with Crippen molar-refractivity contribution in [3.63, 3.8) is 0 Å². The van der Waals surface area contributed by atoms with E-state index in [1.165, 1.54) is 12.7 Å². The molecule has 1 aromatic carbocycles. The molecule has 1 aliphatic carbocycles. The molecule has 1 fully saturated rings. The minimum atomic E-state index is -1.00. The molecule has 2 aromatic rings. The maximum Gasteiger partial charge on any atom is 0.311 e. The van der Waals surface area contributed by atoms with E-state index in [0.29, 0.717) is 30.1 Å². The summed E-state index contributed by atoms with van der Waals surface area (Å²) in [5.41, 5.74) is 2.15. The van der Waals surface area contributed by atoms with Gasteiger partial charge in [0.1, 0.15) is 12.2 Å². The normalized spacial score (nSPS) is 14.1. The van der Waals surface area contributed by atoms with Crippen LogP contribution in [0.5, 0.6) is 0 Å². The SMILES string of the molecule is Cc1coc(CC(=O)O)c1C(=O)N(Cc1ccccc1)CC1CCC1. The Morgan fingerprint density at radius 1 is 1.24 bits per heavy atom. The lowest BCUT2D eigenvalue weighted by atomic mass is 9.85. The zero-order chi connectivity index (χ0) is 17.8. The number of carbonyl (C=O) groups excluding carboxylic acids is 1. The molecule has 5 heteroatoms. The number of carbonyl (C=O) groups is 2. The Hall–Kier alpha value is -2.56. The molecule has 0 radical (unpaired) electrons. The topological polar surface area (TPSA) is 70.7 Å². The van der Waals surface area contributed by atoms with Crippen LogP contribution in [0.2, 0.25) is 0 Å². The van der Waals surface area contributed by atoms with E-state index in [1.54, 1.807) is 6.92 Å². The van der Waals surface area contributed by atoms with E-state index in [2.05, 4.69) is 0 Å². The Kier molecular flexibility index (Phi) is 5.22. The van der Waals surface area contributed by atoms with Gasteiger partial charge in [-0.15, -0.1) is 0 Å². The summed E-state index contributed by atoms with van der Waals surface area (Å²) in [7, 11) is 0. The third kappa shape index (κ3) is 4.10. The summed E-state index contributed by atoms with van der Waals surface area (Å²) in [4.78, 5) is 26.1. The van der Waals surface area contributed by atoms with Crippen molar-refractivity contribution in [2.45, 2.75) is 39.2 Å². The monoisotopic (exact) mass is 341 g/mol. The number of amides is 1. The van der Waals surface area contributed by atoms with Gasteiger partial charge < -0.3 is 14.4 Å². The van der Waals surface area contributed by atoms with Crippen molar-refractivity contribution in [3.05, 3.63) is 59.0 Å². The van der Waals surface area contributed by atoms with E-state index in [1.807, 2.05) is 35.2 Å². The lowest BCUT2D eigenvalue weighted by Crippen LogP contribution is -2.37. The highest BCUT2D eigenvalue weighted by Crippen LogP contribution is 2.29. The standard InChI is InChI=1S/C20H23NO4/c1-14-13-25-17(10-18(22)23)19(14)20(24)21(12-16-8-5-9-16)11-15-6-3-2-4-7-15/h2-4,6-7,13,16H,5,8-12H2,1H3,(H,22,23). The molecule has 1 aliphatic rings. The molecule has 1 saturated carbocycles. The van der Waals surface area contributed by atoms with Gasteiger partial charge in [-0.3, -0.25) is 9.59 Å². The molecule has 1 N–H and O–H groups in total. The van der Waals surface area contributed by atoms with Gasteiger partial charge in [0, 0.05) is 18.7 Å². The minimum absolute atomic E-state index is 0.141. The predicted octanol–water partition coefficient (Wildman–Crippen LogP) is 3.66. The number of aryl methyl sites for hydroxylation is 1. The smallest absolute Gasteiger partial charge is 0.311 e. The summed E-state index contributed by atoms with van der Waals surface area (Å²) < 4.78 is 5.34. The lowest BCUT2D eigenvalue weighted by molar-refractivity contribution is -0.136. The summed E-state index contributed by atoms with van der Waals surface area (Å²) in [6, 6.07) is 9.87. The Labute approximate surface area is 147 Å². The van der Waals surface area contributed by atoms with Crippen molar-refractivity contribution in [1.29, 1.82) is 0 Å². The molecule has 25 heavy (non-hydrogen) atoms. The van der Waals surface area contributed by atoms with Crippen LogP contribution >= 0.6 is 0 Å². The average Bonchev–Trinajstić information content (AvgIpc) is 2.89. The average molecular weight is 341 g/mol. The molecule has 0 bridgehead atoms. The van der Waals surface area contributed by atoms with Gasteiger partial charge in [0.05, 0.1) is 11.8 Å². The molecule has 5 nitrogen and oxygen atoms in total. The van der Waals surface area contributed by atoms with Crippen LogP contribution in [0, 0.1) is 12.8 Å². The molecule has 0 atom stereocenters. The van der Waals surface area contributed by atoms with Crippen molar-refractivity contribution < 1.29 is 19.1 Å². The number of aliphatic carboxylic acids is 1. The fourth-order valence-corrected chi connectivity index (χ4v) is 3.22. The third-order valence-electron chi connectivity index (χ3n) is 4.78. The van der Waals surface area contributed by atoms with Crippen LogP contribution in [0.15, 0.2) is 41.0 Å². The number of nitrogens with zero attached hydrogens (tertiary/aromatic N) is 1. The second kappa shape index (κ2) is 7.55. The number of furan rings is 1. The summed E-state index contributed by atoms with van der Waals surface area (Å²) >= 11 is 0. The highest BCUT2D eigenvalue weighted by atomic mass is 16.4. The van der Waals surface area contributed by atoms with E-state index in [0.717, 1.165) is 18.4 Å². The summed E-state index contributed by atoms with van der Waals surface area (Å²) in [5.74, 6) is -0.375. The highest BCUT2D eigenvalue weighted by molar-refractivity contribution is 5.97. The second-order valence-electron chi connectivity index (χ2n) is 6.76. The number of hydrogen-bond donors (Lipinski definition) is 1. The fraction of sp³-hybridized carbons (Fsp3) is 0.400. The molecule has 132 valence electrons. The van der Waals surface area contributed by atoms with Gasteiger partial charge in [-0.25, -0.2) is 0 Å². The van der Waals surface area contributed by atoms with E-state index in [4.69, 9.17) is 9.52 Å². The minimum Gasteiger partial charge on any atom is -0.481 e. The summed E-state index contributed by atoms with van der Waals surface area (Å²) in [5, 5.41) is 9.06. The third-order valence-corrected chi connectivity index (χ3v) is 4.78. The van der Waals surface area contributed by atoms with Gasteiger partial charge in [-0.1, -0.05) is 36.8 Å². The second-order valence-corrected chi connectivity index (χ2v) is 6.76. The largest absolute Gasteiger partial charge is 0.481 e. The molecular formula is C20H23NO4. The Bertz CT molecular complexity index is 746. The lowest BCUT2D eigenvalue weighted by Gasteiger charge is -2.32. The van der Waals surface area contributed by atoms with E-state index in [9.17, 15) is 9.59 Å². The van der Waals surface area contributed by atoms with Gasteiger partial charge in [0.15, 0.2) is 0 Å². The molecular weight excluding hydrogens is 318 g/mol. The Morgan fingerprint density at radius 2 is 1.96 bits per heavy atom. The first kappa shape index (κ1) is 17.3. The highest BCUT2D eigenvalue weighted by Gasteiger charge is 2.28. The number of hydrogen-bond acceptors (Lipinski definition) is 3. The molecule has 1 amide bonds. The molecule has 3 rings (SSSR count). The van der Waals surface area contributed by atoms with Crippen molar-refractivity contribution in [3.8, 4) is 0 Å². The first-order valence-corrected chi connectivity index (χ1v) is 8.66. The molecule has 1 aromatic heterocycles. The van der Waals surface area contributed by atoms with Crippen LogP contribution in [-0.2, 0) is 17.8 Å². The molecule has 0 saturated heterocycles. The molecule has 0 unspecified atom stereocenters. The van der Waals surface area contributed by atoms with E-state index in [-0.39, 0.29) is 18.1 Å². The van der Waals surface area contributed by atoms with E-state index >= 15 is 0 Å². The molecule has 0 aliphatic heterocycles. The van der Waals surface area contributed by atoms with Crippen molar-refractivity contribution >= 4 is 11.9 Å². The maximum absolute atomic E-state index is 13.2. The van der Waals surface area contributed by atoms with Crippen molar-refractivity contribution in [2.75, 3.05) is 6.54 Å². The predicted molar refractivity (Wildman–Crippen MR) is 93.3 cm³/mol. The number of benzene rings is 1. The van der Waals surface area contributed by atoms with Crippen molar-refractivity contribution in [1.82, 2.24) is 4.90 Å². The van der Waals surface area contributed by atoms with Crippen LogP contribution in [0.25, 0.3) is 0 Å². The zero-order valence-electron chi connectivity index (χ0n) is 14.4. The van der Waals surface area contributed by atoms with Gasteiger partial charge in [0.2, 0.25) is 0 Å². The van der Waals surface area contributed by atoms with Gasteiger partial charge in [-0.2, -0.15) is 0 Å². The van der Waals surface area contributed by atoms with Gasteiger partial charge >= 0.3 is 5.97 Å². The van der Waals surface area contributed by atoms with Crippen LogP contribution in [0.3, 0.4) is 0 Å². The molecule has 0 spiro atoms. The quantitative estimate of drug-likeness (QED) is 0.834. The van der Waals surface area contributed by atoms with Crippen LogP contribution < -0.4 is 0 Å². The molecule has 1 heterocycles. The summed E-state index contributed by atoms with van der Waals surface area (Å²) in [6.45, 7) is 3.00. The number of rotatable bonds is 7.